The molecule has 0 N–H and O–H groups in total. The van der Waals surface area contributed by atoms with E-state index in [1.54, 1.807) is 32.8 Å². The predicted octanol–water partition coefficient (Wildman–Crippen LogP) is 2.98. The highest BCUT2D eigenvalue weighted by Crippen LogP contribution is 2.25. The molecule has 1 aromatic heterocycles. The van der Waals surface area contributed by atoms with Gasteiger partial charge in [0.2, 0.25) is 5.91 Å². The second-order valence-electron chi connectivity index (χ2n) is 6.98. The Balaban J connectivity index is 1.69. The van der Waals surface area contributed by atoms with Gasteiger partial charge in [-0.25, -0.2) is 9.07 Å². The minimum Gasteiger partial charge on any atom is -0.339 e. The van der Waals surface area contributed by atoms with Crippen molar-refractivity contribution < 1.29 is 14.0 Å². The first-order valence-corrected chi connectivity index (χ1v) is 9.49. The molecule has 0 spiro atoms. The van der Waals surface area contributed by atoms with E-state index in [0.717, 1.165) is 5.69 Å². The Morgan fingerprint density at radius 1 is 0.897 bits per heavy atom. The summed E-state index contributed by atoms with van der Waals surface area (Å²) in [6, 6.07) is 15.5. The van der Waals surface area contributed by atoms with Crippen LogP contribution in [0.25, 0.3) is 16.9 Å². The molecular formula is C22H21FN4O2. The van der Waals surface area contributed by atoms with Crippen molar-refractivity contribution in [2.24, 2.45) is 0 Å². The van der Waals surface area contributed by atoms with E-state index in [2.05, 4.69) is 5.10 Å². The topological polar surface area (TPSA) is 58.4 Å². The van der Waals surface area contributed by atoms with Gasteiger partial charge in [0.1, 0.15) is 11.5 Å². The summed E-state index contributed by atoms with van der Waals surface area (Å²) in [7, 11) is 0. The lowest BCUT2D eigenvalue weighted by molar-refractivity contribution is -0.130. The molecule has 0 bridgehead atoms. The maximum atomic E-state index is 13.4. The molecule has 0 aliphatic carbocycles. The van der Waals surface area contributed by atoms with Gasteiger partial charge in [-0.05, 0) is 36.4 Å². The molecule has 1 aliphatic heterocycles. The molecule has 148 valence electrons. The number of carbonyl (C=O) groups excluding carboxylic acids is 2. The number of benzene rings is 2. The van der Waals surface area contributed by atoms with Crippen LogP contribution in [-0.2, 0) is 4.79 Å². The van der Waals surface area contributed by atoms with Crippen molar-refractivity contribution in [3.05, 3.63) is 72.2 Å². The summed E-state index contributed by atoms with van der Waals surface area (Å²) in [6.45, 7) is 3.50. The van der Waals surface area contributed by atoms with E-state index < -0.39 is 0 Å². The van der Waals surface area contributed by atoms with Gasteiger partial charge in [-0.3, -0.25) is 9.59 Å². The van der Waals surface area contributed by atoms with E-state index >= 15 is 0 Å². The standard InChI is InChI=1S/C22H21FN4O2/c1-16(28)25-11-13-26(14-12-25)22(29)20-15-27(19-5-3-2-4-6-19)24-21(20)17-7-9-18(23)10-8-17/h2-10,15H,11-14H2,1H3. The van der Waals surface area contributed by atoms with E-state index in [0.29, 0.717) is 43.0 Å². The first-order valence-electron chi connectivity index (χ1n) is 9.49. The molecule has 3 aromatic rings. The lowest BCUT2D eigenvalue weighted by atomic mass is 10.1. The highest BCUT2D eigenvalue weighted by Gasteiger charge is 2.27. The second-order valence-corrected chi connectivity index (χ2v) is 6.98. The lowest BCUT2D eigenvalue weighted by Crippen LogP contribution is -2.50. The second kappa shape index (κ2) is 7.87. The summed E-state index contributed by atoms with van der Waals surface area (Å²) in [4.78, 5) is 28.3. The Hall–Kier alpha value is -3.48. The molecule has 6 nitrogen and oxygen atoms in total. The van der Waals surface area contributed by atoms with Crippen molar-refractivity contribution in [2.75, 3.05) is 26.2 Å². The van der Waals surface area contributed by atoms with Gasteiger partial charge in [0.05, 0.1) is 11.3 Å². The first-order chi connectivity index (χ1) is 14.0. The summed E-state index contributed by atoms with van der Waals surface area (Å²) >= 11 is 0. The van der Waals surface area contributed by atoms with Crippen LogP contribution in [-0.4, -0.2) is 57.6 Å². The molecule has 1 fully saturated rings. The lowest BCUT2D eigenvalue weighted by Gasteiger charge is -2.34. The molecular weight excluding hydrogens is 371 g/mol. The molecule has 0 saturated carbocycles. The third-order valence-electron chi connectivity index (χ3n) is 5.10. The summed E-state index contributed by atoms with van der Waals surface area (Å²) < 4.78 is 15.1. The SMILES string of the molecule is CC(=O)N1CCN(C(=O)c2cn(-c3ccccc3)nc2-c2ccc(F)cc2)CC1. The van der Waals surface area contributed by atoms with E-state index in [4.69, 9.17) is 0 Å². The Bertz CT molecular complexity index is 1020. The molecule has 7 heteroatoms. The average molecular weight is 392 g/mol. The smallest absolute Gasteiger partial charge is 0.257 e. The van der Waals surface area contributed by atoms with Gasteiger partial charge in [0.15, 0.2) is 0 Å². The zero-order valence-electron chi connectivity index (χ0n) is 16.1. The van der Waals surface area contributed by atoms with Gasteiger partial charge >= 0.3 is 0 Å². The quantitative estimate of drug-likeness (QED) is 0.689. The molecule has 1 saturated heterocycles. The van der Waals surface area contributed by atoms with Crippen LogP contribution in [0.3, 0.4) is 0 Å². The van der Waals surface area contributed by atoms with Crippen molar-refractivity contribution >= 4 is 11.8 Å². The van der Waals surface area contributed by atoms with Crippen molar-refractivity contribution in [3.8, 4) is 16.9 Å². The number of halogens is 1. The maximum absolute atomic E-state index is 13.4. The van der Waals surface area contributed by atoms with Gasteiger partial charge in [-0.2, -0.15) is 5.10 Å². The first kappa shape index (κ1) is 18.9. The highest BCUT2D eigenvalue weighted by molar-refractivity contribution is 6.00. The molecule has 29 heavy (non-hydrogen) atoms. The minimum atomic E-state index is -0.343. The molecule has 0 atom stereocenters. The van der Waals surface area contributed by atoms with Crippen molar-refractivity contribution in [2.45, 2.75) is 6.92 Å². The largest absolute Gasteiger partial charge is 0.339 e. The van der Waals surface area contributed by atoms with E-state index in [9.17, 15) is 14.0 Å². The monoisotopic (exact) mass is 392 g/mol. The van der Waals surface area contributed by atoms with Crippen LogP contribution in [0, 0.1) is 5.82 Å². The zero-order chi connectivity index (χ0) is 20.4. The molecule has 2 heterocycles. The van der Waals surface area contributed by atoms with Gasteiger partial charge in [-0.1, -0.05) is 18.2 Å². The normalized spacial score (nSPS) is 14.1. The third-order valence-corrected chi connectivity index (χ3v) is 5.10. The Kier molecular flexibility index (Phi) is 5.12. The number of rotatable bonds is 3. The Labute approximate surface area is 168 Å². The van der Waals surface area contributed by atoms with Crippen molar-refractivity contribution in [1.29, 1.82) is 0 Å². The van der Waals surface area contributed by atoms with E-state index in [1.807, 2.05) is 30.3 Å². The number of para-hydroxylation sites is 1. The number of hydrogen-bond donors (Lipinski definition) is 0. The fraction of sp³-hybridized carbons (Fsp3) is 0.227. The van der Waals surface area contributed by atoms with Gasteiger partial charge in [0.25, 0.3) is 5.91 Å². The molecule has 0 radical (unpaired) electrons. The minimum absolute atomic E-state index is 0.0148. The number of nitrogens with zero attached hydrogens (tertiary/aromatic N) is 4. The van der Waals surface area contributed by atoms with E-state index in [1.165, 1.54) is 19.1 Å². The predicted molar refractivity (Wildman–Crippen MR) is 107 cm³/mol. The molecule has 0 unspecified atom stereocenters. The summed E-state index contributed by atoms with van der Waals surface area (Å²) in [5, 5.41) is 4.62. The molecule has 2 aromatic carbocycles. The summed E-state index contributed by atoms with van der Waals surface area (Å²) in [5.41, 5.74) is 2.47. The van der Waals surface area contributed by atoms with Gasteiger partial charge < -0.3 is 9.80 Å². The molecule has 2 amide bonds. The number of amides is 2. The molecule has 4 rings (SSSR count). The highest BCUT2D eigenvalue weighted by atomic mass is 19.1. The maximum Gasteiger partial charge on any atom is 0.257 e. The van der Waals surface area contributed by atoms with E-state index in [-0.39, 0.29) is 17.6 Å². The number of hydrogen-bond acceptors (Lipinski definition) is 3. The van der Waals surface area contributed by atoms with Gasteiger partial charge in [-0.15, -0.1) is 0 Å². The number of carbonyl (C=O) groups is 2. The summed E-state index contributed by atoms with van der Waals surface area (Å²) in [6.07, 6.45) is 1.72. The van der Waals surface area contributed by atoms with Crippen LogP contribution in [0.15, 0.2) is 60.8 Å². The Morgan fingerprint density at radius 2 is 1.52 bits per heavy atom. The van der Waals surface area contributed by atoms with Crippen LogP contribution < -0.4 is 0 Å². The average Bonchev–Trinajstić information content (AvgIpc) is 3.20. The van der Waals surface area contributed by atoms with Gasteiger partial charge in [0, 0.05) is 44.9 Å². The summed E-state index contributed by atoms with van der Waals surface area (Å²) in [5.74, 6) is -0.472. The number of piperazine rings is 1. The van der Waals surface area contributed by atoms with Crippen LogP contribution in [0.2, 0.25) is 0 Å². The van der Waals surface area contributed by atoms with Crippen LogP contribution in [0.4, 0.5) is 4.39 Å². The van der Waals surface area contributed by atoms with Crippen molar-refractivity contribution in [3.63, 3.8) is 0 Å². The third kappa shape index (κ3) is 3.89. The zero-order valence-corrected chi connectivity index (χ0v) is 16.1. The molecule has 1 aliphatic rings. The van der Waals surface area contributed by atoms with Crippen molar-refractivity contribution in [1.82, 2.24) is 19.6 Å². The van der Waals surface area contributed by atoms with Crippen LogP contribution in [0.1, 0.15) is 17.3 Å². The number of aromatic nitrogens is 2. The fourth-order valence-corrected chi connectivity index (χ4v) is 3.46. The van der Waals surface area contributed by atoms with Crippen LogP contribution in [0.5, 0.6) is 0 Å². The Morgan fingerprint density at radius 3 is 2.14 bits per heavy atom. The van der Waals surface area contributed by atoms with Crippen LogP contribution >= 0.6 is 0 Å². The fourth-order valence-electron chi connectivity index (χ4n) is 3.46.